The van der Waals surface area contributed by atoms with Crippen molar-refractivity contribution in [2.75, 3.05) is 37.6 Å². The molecule has 6 heteroatoms. The molecule has 2 saturated heterocycles. The van der Waals surface area contributed by atoms with Crippen LogP contribution in [-0.4, -0.2) is 60.2 Å². The number of piperazine rings is 1. The Labute approximate surface area is 160 Å². The van der Waals surface area contributed by atoms with Crippen molar-refractivity contribution in [3.05, 3.63) is 30.3 Å². The first-order chi connectivity index (χ1) is 13.1. The second-order valence-electron chi connectivity index (χ2n) is 7.78. The van der Waals surface area contributed by atoms with Gasteiger partial charge in [0.05, 0.1) is 11.8 Å². The minimum atomic E-state index is -0.129. The Hall–Kier alpha value is -2.37. The van der Waals surface area contributed by atoms with Crippen LogP contribution in [0, 0.1) is 11.8 Å². The topological polar surface area (TPSA) is 60.9 Å². The van der Waals surface area contributed by atoms with E-state index in [0.29, 0.717) is 13.1 Å². The van der Waals surface area contributed by atoms with E-state index >= 15 is 0 Å². The molecule has 2 unspecified atom stereocenters. The number of likely N-dealkylation sites (tertiary alicyclic amines) is 1. The fraction of sp³-hybridized carbons (Fsp3) is 0.571. The molecule has 0 radical (unpaired) electrons. The first-order valence-corrected chi connectivity index (χ1v) is 10.1. The Morgan fingerprint density at radius 2 is 1.48 bits per heavy atom. The fourth-order valence-electron chi connectivity index (χ4n) is 4.67. The molecule has 1 aromatic rings. The molecule has 144 valence electrons. The number of carbonyl (C=O) groups excluding carboxylic acids is 3. The highest BCUT2D eigenvalue weighted by atomic mass is 16.2. The standard InChI is InChI=1S/C21H27N3O3/c25-19(23-14-12-22(13-15-23)16-6-2-1-3-7-16)10-11-24-20(26)17-8-4-5-9-18(17)21(24)27/h1-3,6-7,17-18H,4-5,8-15H2. The number of anilines is 1. The number of amides is 3. The van der Waals surface area contributed by atoms with Gasteiger partial charge in [-0.2, -0.15) is 0 Å². The molecule has 4 rings (SSSR count). The Kier molecular flexibility index (Phi) is 5.14. The Bertz CT molecular complexity index is 689. The lowest BCUT2D eigenvalue weighted by atomic mass is 9.81. The summed E-state index contributed by atoms with van der Waals surface area (Å²) >= 11 is 0. The first kappa shape index (κ1) is 18.0. The maximum absolute atomic E-state index is 12.6. The molecule has 3 amide bonds. The first-order valence-electron chi connectivity index (χ1n) is 10.1. The van der Waals surface area contributed by atoms with Gasteiger partial charge in [0.15, 0.2) is 0 Å². The second-order valence-corrected chi connectivity index (χ2v) is 7.78. The highest BCUT2D eigenvalue weighted by molar-refractivity contribution is 6.05. The van der Waals surface area contributed by atoms with Gasteiger partial charge in [0.1, 0.15) is 0 Å². The monoisotopic (exact) mass is 369 g/mol. The largest absolute Gasteiger partial charge is 0.368 e. The highest BCUT2D eigenvalue weighted by Crippen LogP contribution is 2.38. The van der Waals surface area contributed by atoms with Gasteiger partial charge in [0, 0.05) is 44.8 Å². The zero-order chi connectivity index (χ0) is 18.8. The predicted molar refractivity (Wildman–Crippen MR) is 102 cm³/mol. The lowest BCUT2D eigenvalue weighted by molar-refractivity contribution is -0.140. The van der Waals surface area contributed by atoms with Crippen LogP contribution in [0.3, 0.4) is 0 Å². The minimum absolute atomic E-state index is 0.0400. The zero-order valence-electron chi connectivity index (χ0n) is 15.7. The Balaban J connectivity index is 1.28. The summed E-state index contributed by atoms with van der Waals surface area (Å²) in [5.74, 6) is -0.317. The summed E-state index contributed by atoms with van der Waals surface area (Å²) in [6.45, 7) is 3.22. The van der Waals surface area contributed by atoms with E-state index in [1.807, 2.05) is 23.1 Å². The molecule has 6 nitrogen and oxygen atoms in total. The third kappa shape index (κ3) is 3.57. The van der Waals surface area contributed by atoms with Crippen LogP contribution in [0.25, 0.3) is 0 Å². The van der Waals surface area contributed by atoms with E-state index in [2.05, 4.69) is 17.0 Å². The second kappa shape index (κ2) is 7.71. The van der Waals surface area contributed by atoms with Crippen molar-refractivity contribution in [3.8, 4) is 0 Å². The summed E-state index contributed by atoms with van der Waals surface area (Å²) in [4.78, 5) is 43.1. The molecule has 3 aliphatic rings. The van der Waals surface area contributed by atoms with Crippen molar-refractivity contribution in [3.63, 3.8) is 0 Å². The lowest BCUT2D eigenvalue weighted by Crippen LogP contribution is -2.49. The average Bonchev–Trinajstić information content (AvgIpc) is 2.97. The Morgan fingerprint density at radius 3 is 2.07 bits per heavy atom. The van der Waals surface area contributed by atoms with E-state index in [4.69, 9.17) is 0 Å². The molecule has 0 N–H and O–H groups in total. The predicted octanol–water partition coefficient (Wildman–Crippen LogP) is 1.90. The number of nitrogens with zero attached hydrogens (tertiary/aromatic N) is 3. The molecule has 1 saturated carbocycles. The van der Waals surface area contributed by atoms with E-state index in [9.17, 15) is 14.4 Å². The van der Waals surface area contributed by atoms with Gasteiger partial charge in [-0.25, -0.2) is 0 Å². The van der Waals surface area contributed by atoms with Gasteiger partial charge in [0.2, 0.25) is 17.7 Å². The normalized spacial score (nSPS) is 25.7. The zero-order valence-corrected chi connectivity index (χ0v) is 15.7. The molecule has 0 aromatic heterocycles. The number of imide groups is 1. The summed E-state index contributed by atoms with van der Waals surface area (Å²) in [6.07, 6.45) is 3.93. The SMILES string of the molecule is O=C(CCN1C(=O)C2CCCCC2C1=O)N1CCN(c2ccccc2)CC1. The molecular formula is C21H27N3O3. The van der Waals surface area contributed by atoms with Gasteiger partial charge in [-0.3, -0.25) is 19.3 Å². The van der Waals surface area contributed by atoms with Crippen LogP contribution in [0.5, 0.6) is 0 Å². The third-order valence-electron chi connectivity index (χ3n) is 6.24. The van der Waals surface area contributed by atoms with E-state index < -0.39 is 0 Å². The highest BCUT2D eigenvalue weighted by Gasteiger charge is 2.47. The van der Waals surface area contributed by atoms with Crippen LogP contribution in [0.4, 0.5) is 5.69 Å². The number of para-hydroxylation sites is 1. The summed E-state index contributed by atoms with van der Waals surface area (Å²) in [7, 11) is 0. The molecular weight excluding hydrogens is 342 g/mol. The van der Waals surface area contributed by atoms with Crippen molar-refractivity contribution in [2.45, 2.75) is 32.1 Å². The van der Waals surface area contributed by atoms with Crippen molar-refractivity contribution < 1.29 is 14.4 Å². The average molecular weight is 369 g/mol. The molecule has 1 aromatic carbocycles. The van der Waals surface area contributed by atoms with Crippen LogP contribution >= 0.6 is 0 Å². The van der Waals surface area contributed by atoms with E-state index in [1.165, 1.54) is 10.6 Å². The van der Waals surface area contributed by atoms with Crippen molar-refractivity contribution in [2.24, 2.45) is 11.8 Å². The van der Waals surface area contributed by atoms with Crippen LogP contribution in [0.2, 0.25) is 0 Å². The van der Waals surface area contributed by atoms with E-state index in [1.54, 1.807) is 0 Å². The molecule has 2 heterocycles. The summed E-state index contributed by atoms with van der Waals surface area (Å²) < 4.78 is 0. The third-order valence-corrected chi connectivity index (χ3v) is 6.24. The fourth-order valence-corrected chi connectivity index (χ4v) is 4.67. The Morgan fingerprint density at radius 1 is 0.889 bits per heavy atom. The summed E-state index contributed by atoms with van der Waals surface area (Å²) in [5.41, 5.74) is 1.18. The van der Waals surface area contributed by atoms with Gasteiger partial charge in [-0.05, 0) is 25.0 Å². The molecule has 2 aliphatic heterocycles. The van der Waals surface area contributed by atoms with Crippen molar-refractivity contribution in [1.82, 2.24) is 9.80 Å². The van der Waals surface area contributed by atoms with Gasteiger partial charge in [-0.1, -0.05) is 31.0 Å². The van der Waals surface area contributed by atoms with Crippen LogP contribution in [-0.2, 0) is 14.4 Å². The molecule has 27 heavy (non-hydrogen) atoms. The molecule has 0 bridgehead atoms. The number of carbonyl (C=O) groups is 3. The number of benzene rings is 1. The number of hydrogen-bond donors (Lipinski definition) is 0. The molecule has 3 fully saturated rings. The smallest absolute Gasteiger partial charge is 0.233 e. The number of fused-ring (bicyclic) bond motifs is 1. The van der Waals surface area contributed by atoms with Gasteiger partial charge in [-0.15, -0.1) is 0 Å². The molecule has 2 atom stereocenters. The van der Waals surface area contributed by atoms with Crippen molar-refractivity contribution in [1.29, 1.82) is 0 Å². The van der Waals surface area contributed by atoms with Crippen molar-refractivity contribution >= 4 is 23.4 Å². The van der Waals surface area contributed by atoms with Crippen LogP contribution in [0.15, 0.2) is 30.3 Å². The van der Waals surface area contributed by atoms with E-state index in [0.717, 1.165) is 38.8 Å². The quantitative estimate of drug-likeness (QED) is 0.761. The lowest BCUT2D eigenvalue weighted by Gasteiger charge is -2.36. The maximum Gasteiger partial charge on any atom is 0.233 e. The van der Waals surface area contributed by atoms with Crippen LogP contribution in [0.1, 0.15) is 32.1 Å². The van der Waals surface area contributed by atoms with Gasteiger partial charge < -0.3 is 9.80 Å². The van der Waals surface area contributed by atoms with E-state index in [-0.39, 0.29) is 42.5 Å². The summed E-state index contributed by atoms with van der Waals surface area (Å²) in [6, 6.07) is 10.2. The van der Waals surface area contributed by atoms with Crippen LogP contribution < -0.4 is 4.90 Å². The minimum Gasteiger partial charge on any atom is -0.368 e. The number of rotatable bonds is 4. The molecule has 0 spiro atoms. The summed E-state index contributed by atoms with van der Waals surface area (Å²) in [5, 5.41) is 0. The maximum atomic E-state index is 12.6. The van der Waals surface area contributed by atoms with Gasteiger partial charge >= 0.3 is 0 Å². The number of hydrogen-bond acceptors (Lipinski definition) is 4. The molecule has 1 aliphatic carbocycles. The van der Waals surface area contributed by atoms with Gasteiger partial charge in [0.25, 0.3) is 0 Å².